The summed E-state index contributed by atoms with van der Waals surface area (Å²) in [6.07, 6.45) is 0. The van der Waals surface area contributed by atoms with E-state index in [1.165, 1.54) is 0 Å². The third-order valence-corrected chi connectivity index (χ3v) is 1.24. The fourth-order valence-electron chi connectivity index (χ4n) is 0.606. The fourth-order valence-corrected chi connectivity index (χ4v) is 0.606. The summed E-state index contributed by atoms with van der Waals surface area (Å²) in [6.45, 7) is 3.77. The van der Waals surface area contributed by atoms with Crippen molar-refractivity contribution in [3.8, 4) is 0 Å². The topological polar surface area (TPSA) is 36.9 Å². The first-order valence-corrected chi connectivity index (χ1v) is 7.09. The van der Waals surface area contributed by atoms with Crippen LogP contribution in [0.15, 0.2) is 0 Å². The van der Waals surface area contributed by atoms with Gasteiger partial charge in [-0.05, 0) is 0 Å². The second-order valence-corrected chi connectivity index (χ2v) is 5.09. The fraction of sp³-hybridized carbons (Fsp3) is 1.00. The molecule has 20 heavy (non-hydrogen) atoms. The minimum atomic E-state index is -10.7. The van der Waals surface area contributed by atoms with Crippen LogP contribution < -0.4 is 18.9 Å². The quantitative estimate of drug-likeness (QED) is 0.270. The zero-order valence-corrected chi connectivity index (χ0v) is 12.5. The summed E-state index contributed by atoms with van der Waals surface area (Å²) >= 11 is 0. The number of hydrogen-bond acceptors (Lipinski definition) is 4. The van der Waals surface area contributed by atoms with E-state index in [1.807, 2.05) is 0 Å². The van der Waals surface area contributed by atoms with Crippen molar-refractivity contribution in [3.05, 3.63) is 0 Å². The van der Waals surface area contributed by atoms with Crippen molar-refractivity contribution < 1.29 is 63.0 Å². The van der Waals surface area contributed by atoms with Crippen molar-refractivity contribution in [2.24, 2.45) is 0 Å². The molecule has 0 rings (SSSR count). The van der Waals surface area contributed by atoms with Gasteiger partial charge in [0, 0.05) is 14.2 Å². The maximum Gasteiger partial charge on any atom is 1.00 e. The van der Waals surface area contributed by atoms with E-state index in [2.05, 4.69) is 0 Å². The number of rotatable bonds is 9. The molecule has 0 aromatic carbocycles. The summed E-state index contributed by atoms with van der Waals surface area (Å²) in [6, 6.07) is 0. The summed E-state index contributed by atoms with van der Waals surface area (Å²) in [5, 5.41) is 0. The molecule has 0 saturated heterocycles. The van der Waals surface area contributed by atoms with E-state index < -0.39 is 7.81 Å². The van der Waals surface area contributed by atoms with Gasteiger partial charge in [0.2, 0.25) is 0 Å². The summed E-state index contributed by atoms with van der Waals surface area (Å²) in [5.41, 5.74) is 0. The van der Waals surface area contributed by atoms with Gasteiger partial charge in [-0.25, -0.2) is 0 Å². The molecule has 0 aromatic heterocycles. The normalized spacial score (nSPS) is 14.4. The predicted octanol–water partition coefficient (Wildman–Crippen LogP) is 0.699. The van der Waals surface area contributed by atoms with Crippen LogP contribution in [-0.2, 0) is 18.9 Å². The Hall–Kier alpha value is 0.447. The minimum absolute atomic E-state index is 0. The van der Waals surface area contributed by atoms with Crippen molar-refractivity contribution in [2.45, 2.75) is 0 Å². The van der Waals surface area contributed by atoms with Gasteiger partial charge in [0.15, 0.2) is 0 Å². The number of ether oxygens (including phenoxy) is 4. The van der Waals surface area contributed by atoms with Crippen molar-refractivity contribution in [1.82, 2.24) is 0 Å². The second kappa shape index (κ2) is 10.2. The van der Waals surface area contributed by atoms with Crippen LogP contribution in [0.2, 0.25) is 0 Å². The summed E-state index contributed by atoms with van der Waals surface area (Å²) in [5.74, 6) is 0. The zero-order chi connectivity index (χ0) is 15.5. The van der Waals surface area contributed by atoms with Gasteiger partial charge in [-0.1, -0.05) is 0 Å². The minimum Gasteiger partial charge on any atom is 1.00 e. The maximum absolute atomic E-state index is 10.7. The molecule has 122 valence electrons. The molecule has 0 aliphatic heterocycles. The number of hydrogen-bond donors (Lipinski definition) is 0. The molecule has 0 atom stereocenters. The Morgan fingerprint density at radius 1 is 0.600 bits per heavy atom. The number of methoxy groups -OCH3 is 2. The molecular formula is C8H18F6LiO4P. The third kappa shape index (κ3) is 62.9. The first-order chi connectivity index (χ1) is 8.36. The van der Waals surface area contributed by atoms with Crippen molar-refractivity contribution in [1.29, 1.82) is 0 Å². The van der Waals surface area contributed by atoms with Crippen LogP contribution in [0.1, 0.15) is 0 Å². The summed E-state index contributed by atoms with van der Waals surface area (Å²) in [4.78, 5) is 0. The van der Waals surface area contributed by atoms with Gasteiger partial charge in [-0.2, -0.15) is 0 Å². The SMILES string of the molecule is COCCOCCOCCOC.F[P-](F)(F)(F)(F)F.[Li+]. The van der Waals surface area contributed by atoms with Crippen LogP contribution >= 0.6 is 7.81 Å². The Labute approximate surface area is 125 Å². The van der Waals surface area contributed by atoms with Crippen LogP contribution in [0.25, 0.3) is 0 Å². The average molecular weight is 330 g/mol. The molecule has 0 unspecified atom stereocenters. The van der Waals surface area contributed by atoms with E-state index >= 15 is 0 Å². The molecule has 0 saturated carbocycles. The Balaban J connectivity index is -0.000000312. The van der Waals surface area contributed by atoms with Crippen LogP contribution in [0.4, 0.5) is 25.2 Å². The second-order valence-electron chi connectivity index (χ2n) is 3.17. The van der Waals surface area contributed by atoms with E-state index in [1.54, 1.807) is 14.2 Å². The maximum atomic E-state index is 9.87. The molecule has 0 aliphatic rings. The first kappa shape index (κ1) is 25.4. The van der Waals surface area contributed by atoms with E-state index in [0.29, 0.717) is 39.6 Å². The Morgan fingerprint density at radius 3 is 1.00 bits per heavy atom. The van der Waals surface area contributed by atoms with Gasteiger partial charge in [-0.3, -0.25) is 0 Å². The van der Waals surface area contributed by atoms with Crippen molar-refractivity contribution in [3.63, 3.8) is 0 Å². The van der Waals surface area contributed by atoms with Crippen LogP contribution in [0, 0.1) is 0 Å². The van der Waals surface area contributed by atoms with Gasteiger partial charge < -0.3 is 18.9 Å². The monoisotopic (exact) mass is 330 g/mol. The first-order valence-electron chi connectivity index (χ1n) is 5.06. The molecular weight excluding hydrogens is 312 g/mol. The molecule has 0 fully saturated rings. The van der Waals surface area contributed by atoms with Gasteiger partial charge >= 0.3 is 51.9 Å². The van der Waals surface area contributed by atoms with Crippen LogP contribution in [-0.4, -0.2) is 53.9 Å². The van der Waals surface area contributed by atoms with Crippen molar-refractivity contribution >= 4 is 7.81 Å². The summed E-state index contributed by atoms with van der Waals surface area (Å²) in [7, 11) is -7.35. The zero-order valence-electron chi connectivity index (χ0n) is 11.6. The van der Waals surface area contributed by atoms with Gasteiger partial charge in [0.1, 0.15) is 0 Å². The molecule has 0 heterocycles. The van der Waals surface area contributed by atoms with E-state index in [4.69, 9.17) is 18.9 Å². The third-order valence-electron chi connectivity index (χ3n) is 1.24. The van der Waals surface area contributed by atoms with E-state index in [0.717, 1.165) is 0 Å². The Morgan fingerprint density at radius 2 is 0.800 bits per heavy atom. The standard InChI is InChI=1S/C8H18O4.F6P.Li/c1-9-3-5-11-7-8-12-6-4-10-2;1-7(2,3,4,5)6;/h3-8H2,1-2H3;;/q;-1;+1. The van der Waals surface area contributed by atoms with E-state index in [9.17, 15) is 25.2 Å². The number of halogens is 6. The van der Waals surface area contributed by atoms with Gasteiger partial charge in [0.25, 0.3) is 0 Å². The van der Waals surface area contributed by atoms with E-state index in [-0.39, 0.29) is 18.9 Å². The Bertz CT molecular complexity index is 203. The molecule has 4 nitrogen and oxygen atoms in total. The molecule has 0 aliphatic carbocycles. The largest absolute Gasteiger partial charge is 1.00 e. The molecule has 0 radical (unpaired) electrons. The van der Waals surface area contributed by atoms with Gasteiger partial charge in [-0.15, -0.1) is 0 Å². The smallest absolute Gasteiger partial charge is 1.00 e. The van der Waals surface area contributed by atoms with Gasteiger partial charge in [0.05, 0.1) is 39.6 Å². The van der Waals surface area contributed by atoms with Crippen LogP contribution in [0.5, 0.6) is 0 Å². The summed E-state index contributed by atoms with van der Waals surface area (Å²) < 4.78 is 79.1. The predicted molar refractivity (Wildman–Crippen MR) is 59.0 cm³/mol. The molecule has 0 bridgehead atoms. The molecule has 12 heteroatoms. The molecule has 0 N–H and O–H groups in total. The molecule has 0 amide bonds. The van der Waals surface area contributed by atoms with Crippen LogP contribution in [0.3, 0.4) is 0 Å². The molecule has 0 aromatic rings. The molecule has 0 spiro atoms. The van der Waals surface area contributed by atoms with Crippen molar-refractivity contribution in [2.75, 3.05) is 53.9 Å². The average Bonchev–Trinajstić information content (AvgIpc) is 2.17. The Kier molecular flexibility index (Phi) is 13.0.